The number of hydrogen-bond donors (Lipinski definition) is 1. The summed E-state index contributed by atoms with van der Waals surface area (Å²) in [6.45, 7) is 6.47. The summed E-state index contributed by atoms with van der Waals surface area (Å²) >= 11 is 0. The highest BCUT2D eigenvalue weighted by Crippen LogP contribution is 2.23. The third kappa shape index (κ3) is 6.41. The van der Waals surface area contributed by atoms with Crippen molar-refractivity contribution >= 4 is 22.9 Å². The van der Waals surface area contributed by atoms with Crippen molar-refractivity contribution in [3.05, 3.63) is 40.9 Å². The van der Waals surface area contributed by atoms with Crippen molar-refractivity contribution < 1.29 is 14.3 Å². The Kier molecular flexibility index (Phi) is 9.02. The Labute approximate surface area is 216 Å². The molecule has 3 aromatic heterocycles. The smallest absolute Gasteiger partial charge is 0.294 e. The second-order valence-corrected chi connectivity index (χ2v) is 9.00. The zero-order valence-electron chi connectivity index (χ0n) is 21.8. The number of hydrogen-bond acceptors (Lipinski definition) is 9. The molecule has 0 bridgehead atoms. The fourth-order valence-electron chi connectivity index (χ4n) is 4.28. The lowest BCUT2D eigenvalue weighted by molar-refractivity contribution is -0.129. The summed E-state index contributed by atoms with van der Waals surface area (Å²) in [5, 5.41) is 3.30. The number of amides is 1. The van der Waals surface area contributed by atoms with Gasteiger partial charge < -0.3 is 24.6 Å². The maximum absolute atomic E-state index is 13.6. The van der Waals surface area contributed by atoms with E-state index >= 15 is 0 Å². The van der Waals surface area contributed by atoms with Crippen molar-refractivity contribution in [3.8, 4) is 17.0 Å². The number of methoxy groups -OCH3 is 1. The number of pyridine rings is 2. The first-order valence-electron chi connectivity index (χ1n) is 12.7. The first-order chi connectivity index (χ1) is 18.0. The summed E-state index contributed by atoms with van der Waals surface area (Å²) < 4.78 is 12.5. The molecule has 0 aromatic carbocycles. The maximum atomic E-state index is 13.6. The minimum Gasteiger partial charge on any atom is -0.481 e. The van der Waals surface area contributed by atoms with Gasteiger partial charge in [-0.15, -0.1) is 0 Å². The predicted octanol–water partition coefficient (Wildman–Crippen LogP) is 1.55. The quantitative estimate of drug-likeness (QED) is 0.407. The average Bonchev–Trinajstić information content (AvgIpc) is 3.21. The molecule has 4 heterocycles. The Morgan fingerprint density at radius 2 is 1.97 bits per heavy atom. The number of nitrogens with zero attached hydrogens (tertiary/aromatic N) is 6. The van der Waals surface area contributed by atoms with Crippen LogP contribution in [0.1, 0.15) is 19.8 Å². The van der Waals surface area contributed by atoms with Gasteiger partial charge in [-0.3, -0.25) is 14.2 Å². The van der Waals surface area contributed by atoms with E-state index < -0.39 is 0 Å². The molecule has 1 aliphatic heterocycles. The number of rotatable bonds is 10. The van der Waals surface area contributed by atoms with E-state index in [0.29, 0.717) is 49.9 Å². The second-order valence-electron chi connectivity index (χ2n) is 9.00. The zero-order valence-corrected chi connectivity index (χ0v) is 21.8. The molecule has 0 aliphatic carbocycles. The van der Waals surface area contributed by atoms with Gasteiger partial charge in [0.1, 0.15) is 0 Å². The van der Waals surface area contributed by atoms with Gasteiger partial charge in [0.05, 0.1) is 25.8 Å². The van der Waals surface area contributed by atoms with E-state index in [2.05, 4.69) is 20.3 Å². The van der Waals surface area contributed by atoms with Crippen molar-refractivity contribution in [2.45, 2.75) is 26.3 Å². The van der Waals surface area contributed by atoms with Gasteiger partial charge in [-0.2, -0.15) is 0 Å². The SMILES string of the molecule is CCCOCCn1c(=O)c(N(C)CC(=O)N2CCCNCC2)nc2ncc(-c3ccc(OC)nc3)cc21. The highest BCUT2D eigenvalue weighted by Gasteiger charge is 2.21. The van der Waals surface area contributed by atoms with Crippen LogP contribution in [0, 0.1) is 0 Å². The lowest BCUT2D eigenvalue weighted by atomic mass is 10.1. The Bertz CT molecular complexity index is 1250. The van der Waals surface area contributed by atoms with Crippen LogP contribution < -0.4 is 20.5 Å². The number of ether oxygens (including phenoxy) is 2. The number of fused-ring (bicyclic) bond motifs is 1. The fourth-order valence-corrected chi connectivity index (χ4v) is 4.28. The topological polar surface area (TPSA) is 115 Å². The lowest BCUT2D eigenvalue weighted by Crippen LogP contribution is -2.43. The Balaban J connectivity index is 1.67. The molecular weight excluding hydrogens is 474 g/mol. The van der Waals surface area contributed by atoms with Crippen LogP contribution in [0.15, 0.2) is 35.4 Å². The van der Waals surface area contributed by atoms with Gasteiger partial charge in [0.25, 0.3) is 5.56 Å². The van der Waals surface area contributed by atoms with Crippen molar-refractivity contribution in [1.29, 1.82) is 0 Å². The number of likely N-dealkylation sites (N-methyl/N-ethyl adjacent to an activating group) is 1. The minimum atomic E-state index is -0.285. The molecule has 1 N–H and O–H groups in total. The van der Waals surface area contributed by atoms with E-state index in [4.69, 9.17) is 9.47 Å². The maximum Gasteiger partial charge on any atom is 0.294 e. The molecule has 1 fully saturated rings. The first kappa shape index (κ1) is 26.5. The van der Waals surface area contributed by atoms with Crippen LogP contribution in [0.3, 0.4) is 0 Å². The van der Waals surface area contributed by atoms with E-state index in [0.717, 1.165) is 37.1 Å². The number of nitrogens with one attached hydrogen (secondary N) is 1. The zero-order chi connectivity index (χ0) is 26.2. The number of anilines is 1. The summed E-state index contributed by atoms with van der Waals surface area (Å²) in [6, 6.07) is 5.55. The number of carbonyl (C=O) groups excluding carboxylic acids is 1. The molecule has 0 atom stereocenters. The largest absolute Gasteiger partial charge is 0.481 e. The lowest BCUT2D eigenvalue weighted by Gasteiger charge is -2.24. The molecule has 1 aliphatic rings. The second kappa shape index (κ2) is 12.6. The van der Waals surface area contributed by atoms with E-state index in [1.54, 1.807) is 42.1 Å². The van der Waals surface area contributed by atoms with Gasteiger partial charge in [-0.05, 0) is 31.5 Å². The van der Waals surface area contributed by atoms with Crippen LogP contribution in [-0.2, 0) is 16.1 Å². The normalized spacial score (nSPS) is 14.0. The standard InChI is InChI=1S/C26H35N7O4/c1-4-13-37-14-12-33-21-15-20(19-6-7-22(36-3)28-16-19)17-29-24(21)30-25(26(33)35)31(2)18-23(34)32-10-5-8-27-9-11-32/h6-7,15-17,27H,4-5,8-14,18H2,1-3H3. The van der Waals surface area contributed by atoms with Gasteiger partial charge in [0.2, 0.25) is 11.8 Å². The van der Waals surface area contributed by atoms with E-state index in [9.17, 15) is 9.59 Å². The molecule has 0 spiro atoms. The monoisotopic (exact) mass is 509 g/mol. The summed E-state index contributed by atoms with van der Waals surface area (Å²) in [7, 11) is 3.29. The molecule has 198 valence electrons. The van der Waals surface area contributed by atoms with Crippen molar-refractivity contribution in [1.82, 2.24) is 29.7 Å². The van der Waals surface area contributed by atoms with E-state index in [1.165, 1.54) is 0 Å². The first-order valence-corrected chi connectivity index (χ1v) is 12.7. The van der Waals surface area contributed by atoms with Gasteiger partial charge in [-0.1, -0.05) is 6.92 Å². The van der Waals surface area contributed by atoms with Crippen molar-refractivity contribution in [2.75, 3.05) is 65.0 Å². The van der Waals surface area contributed by atoms with E-state index in [1.807, 2.05) is 24.0 Å². The van der Waals surface area contributed by atoms with Gasteiger partial charge in [-0.25, -0.2) is 15.0 Å². The Morgan fingerprint density at radius 3 is 2.73 bits per heavy atom. The highest BCUT2D eigenvalue weighted by atomic mass is 16.5. The van der Waals surface area contributed by atoms with Crippen molar-refractivity contribution in [3.63, 3.8) is 0 Å². The molecule has 0 unspecified atom stereocenters. The third-order valence-corrected chi connectivity index (χ3v) is 6.30. The fraction of sp³-hybridized carbons (Fsp3) is 0.500. The Hall–Kier alpha value is -3.57. The number of aromatic nitrogens is 4. The summed E-state index contributed by atoms with van der Waals surface area (Å²) in [5.41, 5.74) is 2.38. The average molecular weight is 510 g/mol. The van der Waals surface area contributed by atoms with Crippen LogP contribution in [0.25, 0.3) is 22.3 Å². The molecule has 0 radical (unpaired) electrons. The predicted molar refractivity (Wildman–Crippen MR) is 142 cm³/mol. The molecular formula is C26H35N7O4. The molecule has 1 amide bonds. The third-order valence-electron chi connectivity index (χ3n) is 6.30. The van der Waals surface area contributed by atoms with Crippen LogP contribution in [0.5, 0.6) is 5.88 Å². The van der Waals surface area contributed by atoms with Crippen LogP contribution in [0.4, 0.5) is 5.82 Å². The number of carbonyl (C=O) groups is 1. The summed E-state index contributed by atoms with van der Waals surface area (Å²) in [6.07, 6.45) is 5.21. The van der Waals surface area contributed by atoms with Crippen LogP contribution in [-0.4, -0.2) is 90.4 Å². The molecule has 11 heteroatoms. The molecule has 4 rings (SSSR count). The molecule has 0 saturated carbocycles. The molecule has 3 aromatic rings. The van der Waals surface area contributed by atoms with Crippen molar-refractivity contribution in [2.24, 2.45) is 0 Å². The van der Waals surface area contributed by atoms with Crippen LogP contribution >= 0.6 is 0 Å². The molecule has 37 heavy (non-hydrogen) atoms. The Morgan fingerprint density at radius 1 is 1.14 bits per heavy atom. The molecule has 11 nitrogen and oxygen atoms in total. The van der Waals surface area contributed by atoms with Gasteiger partial charge in [0.15, 0.2) is 11.5 Å². The van der Waals surface area contributed by atoms with Crippen LogP contribution in [0.2, 0.25) is 0 Å². The van der Waals surface area contributed by atoms with E-state index in [-0.39, 0.29) is 23.8 Å². The minimum absolute atomic E-state index is 0.0272. The summed E-state index contributed by atoms with van der Waals surface area (Å²) in [5.74, 6) is 0.680. The van der Waals surface area contributed by atoms with Gasteiger partial charge in [0, 0.05) is 69.4 Å². The molecule has 1 saturated heterocycles. The summed E-state index contributed by atoms with van der Waals surface area (Å²) in [4.78, 5) is 43.5. The van der Waals surface area contributed by atoms with Gasteiger partial charge >= 0.3 is 0 Å². The highest BCUT2D eigenvalue weighted by molar-refractivity contribution is 5.82.